The van der Waals surface area contributed by atoms with Crippen molar-refractivity contribution in [2.75, 3.05) is 11.4 Å². The fraction of sp³-hybridized carbons (Fsp3) is 0.667. The molecule has 1 aliphatic carbocycles. The van der Waals surface area contributed by atoms with Gasteiger partial charge in [-0.05, 0) is 44.4 Å². The first-order chi connectivity index (χ1) is 9.66. The number of carboxylic acid groups (broad SMARTS) is 1. The molecule has 1 aromatic rings. The van der Waals surface area contributed by atoms with Gasteiger partial charge in [0.05, 0.1) is 0 Å². The molecule has 0 saturated carbocycles. The van der Waals surface area contributed by atoms with Crippen molar-refractivity contribution >= 4 is 11.8 Å². The molecule has 0 aromatic carbocycles. The molecule has 1 fully saturated rings. The predicted octanol–water partition coefficient (Wildman–Crippen LogP) is 2.04. The molecule has 1 saturated heterocycles. The second-order valence-corrected chi connectivity index (χ2v) is 6.01. The van der Waals surface area contributed by atoms with Crippen molar-refractivity contribution in [2.24, 2.45) is 5.92 Å². The first-order valence-electron chi connectivity index (χ1n) is 7.49. The highest BCUT2D eigenvalue weighted by atomic mass is 16.4. The zero-order chi connectivity index (χ0) is 14.1. The van der Waals surface area contributed by atoms with Crippen LogP contribution < -0.4 is 4.90 Å². The summed E-state index contributed by atoms with van der Waals surface area (Å²) in [6.45, 7) is 2.91. The molecule has 0 amide bonds. The summed E-state index contributed by atoms with van der Waals surface area (Å²) in [4.78, 5) is 22.4. The van der Waals surface area contributed by atoms with Crippen LogP contribution in [0.25, 0.3) is 0 Å². The molecule has 0 bridgehead atoms. The molecule has 2 unspecified atom stereocenters. The maximum absolute atomic E-state index is 11.6. The van der Waals surface area contributed by atoms with Crippen molar-refractivity contribution in [3.05, 3.63) is 17.6 Å². The number of fused-ring (bicyclic) bond motifs is 1. The average Bonchev–Trinajstić information content (AvgIpc) is 2.46. The van der Waals surface area contributed by atoms with Gasteiger partial charge in [0.2, 0.25) is 0 Å². The SMILES string of the molecule is CC1CCN(c2ncnc3c2CCCC3)C(C(=O)O)C1. The minimum absolute atomic E-state index is 0.445. The number of hydrogen-bond acceptors (Lipinski definition) is 4. The Bertz CT molecular complexity index is 518. The number of hydrogen-bond donors (Lipinski definition) is 1. The zero-order valence-electron chi connectivity index (χ0n) is 11.9. The minimum atomic E-state index is -0.736. The van der Waals surface area contributed by atoms with Gasteiger partial charge in [-0.15, -0.1) is 0 Å². The van der Waals surface area contributed by atoms with Gasteiger partial charge in [-0.2, -0.15) is 0 Å². The van der Waals surface area contributed by atoms with Gasteiger partial charge in [0.15, 0.2) is 0 Å². The Morgan fingerprint density at radius 3 is 2.95 bits per heavy atom. The monoisotopic (exact) mass is 275 g/mol. The summed E-state index contributed by atoms with van der Waals surface area (Å²) in [6.07, 6.45) is 7.61. The number of rotatable bonds is 2. The lowest BCUT2D eigenvalue weighted by atomic mass is 9.90. The Labute approximate surface area is 119 Å². The number of aliphatic carboxylic acids is 1. The zero-order valence-corrected chi connectivity index (χ0v) is 11.9. The van der Waals surface area contributed by atoms with Crippen LogP contribution in [0.2, 0.25) is 0 Å². The molecule has 20 heavy (non-hydrogen) atoms. The molecule has 2 atom stereocenters. The second kappa shape index (κ2) is 5.38. The van der Waals surface area contributed by atoms with Gasteiger partial charge >= 0.3 is 5.97 Å². The van der Waals surface area contributed by atoms with Crippen LogP contribution in [0.5, 0.6) is 0 Å². The molecule has 0 spiro atoms. The summed E-state index contributed by atoms with van der Waals surface area (Å²) < 4.78 is 0. The number of aryl methyl sites for hydroxylation is 1. The van der Waals surface area contributed by atoms with Crippen LogP contribution in [0.1, 0.15) is 43.9 Å². The van der Waals surface area contributed by atoms with E-state index in [0.717, 1.165) is 43.7 Å². The third kappa shape index (κ3) is 2.37. The highest BCUT2D eigenvalue weighted by molar-refractivity contribution is 5.78. The van der Waals surface area contributed by atoms with E-state index in [1.165, 1.54) is 12.0 Å². The van der Waals surface area contributed by atoms with E-state index in [1.54, 1.807) is 6.33 Å². The second-order valence-electron chi connectivity index (χ2n) is 6.01. The van der Waals surface area contributed by atoms with Gasteiger partial charge < -0.3 is 10.0 Å². The van der Waals surface area contributed by atoms with Gasteiger partial charge in [0, 0.05) is 17.8 Å². The van der Waals surface area contributed by atoms with E-state index in [0.29, 0.717) is 12.3 Å². The lowest BCUT2D eigenvalue weighted by Gasteiger charge is -2.38. The third-order valence-electron chi connectivity index (χ3n) is 4.52. The Kier molecular flexibility index (Phi) is 3.59. The van der Waals surface area contributed by atoms with Gasteiger partial charge in [-0.1, -0.05) is 6.92 Å². The highest BCUT2D eigenvalue weighted by Gasteiger charge is 2.34. The Morgan fingerprint density at radius 2 is 2.15 bits per heavy atom. The van der Waals surface area contributed by atoms with Crippen molar-refractivity contribution < 1.29 is 9.90 Å². The van der Waals surface area contributed by atoms with Crippen molar-refractivity contribution in [2.45, 2.75) is 51.5 Å². The largest absolute Gasteiger partial charge is 0.480 e. The van der Waals surface area contributed by atoms with Gasteiger partial charge in [0.25, 0.3) is 0 Å². The van der Waals surface area contributed by atoms with E-state index >= 15 is 0 Å². The fourth-order valence-corrected chi connectivity index (χ4v) is 3.38. The molecular weight excluding hydrogens is 254 g/mol. The van der Waals surface area contributed by atoms with Crippen LogP contribution in [0.3, 0.4) is 0 Å². The van der Waals surface area contributed by atoms with E-state index in [9.17, 15) is 9.90 Å². The van der Waals surface area contributed by atoms with Crippen molar-refractivity contribution in [1.82, 2.24) is 9.97 Å². The average molecular weight is 275 g/mol. The van der Waals surface area contributed by atoms with Crippen molar-refractivity contribution in [3.8, 4) is 0 Å². The third-order valence-corrected chi connectivity index (χ3v) is 4.52. The molecule has 2 heterocycles. The molecule has 1 N–H and O–H groups in total. The number of carboxylic acids is 1. The van der Waals surface area contributed by atoms with Gasteiger partial charge in [-0.25, -0.2) is 14.8 Å². The van der Waals surface area contributed by atoms with Crippen molar-refractivity contribution in [3.63, 3.8) is 0 Å². The molecule has 5 nitrogen and oxygen atoms in total. The Morgan fingerprint density at radius 1 is 1.35 bits per heavy atom. The standard InChI is InChI=1S/C15H21N3O2/c1-10-6-7-18(13(8-10)15(19)20)14-11-4-2-3-5-12(11)16-9-17-14/h9-10,13H,2-8H2,1H3,(H,19,20). The summed E-state index contributed by atoms with van der Waals surface area (Å²) in [5.74, 6) is 0.596. The molecule has 3 rings (SSSR count). The van der Waals surface area contributed by atoms with Crippen LogP contribution in [0, 0.1) is 5.92 Å². The molecule has 2 aliphatic rings. The topological polar surface area (TPSA) is 66.3 Å². The highest BCUT2D eigenvalue weighted by Crippen LogP contribution is 2.32. The summed E-state index contributed by atoms with van der Waals surface area (Å²) in [6, 6.07) is -0.445. The minimum Gasteiger partial charge on any atom is -0.480 e. The first-order valence-corrected chi connectivity index (χ1v) is 7.49. The molecular formula is C15H21N3O2. The molecule has 108 valence electrons. The Hall–Kier alpha value is -1.65. The van der Waals surface area contributed by atoms with E-state index in [1.807, 2.05) is 4.90 Å². The van der Waals surface area contributed by atoms with E-state index < -0.39 is 12.0 Å². The van der Waals surface area contributed by atoms with Gasteiger partial charge in [-0.3, -0.25) is 0 Å². The van der Waals surface area contributed by atoms with Crippen LogP contribution in [0.4, 0.5) is 5.82 Å². The summed E-state index contributed by atoms with van der Waals surface area (Å²) in [5, 5.41) is 9.51. The maximum atomic E-state index is 11.6. The number of anilines is 1. The lowest BCUT2D eigenvalue weighted by molar-refractivity contribution is -0.139. The number of nitrogens with zero attached hydrogens (tertiary/aromatic N) is 3. The predicted molar refractivity (Wildman–Crippen MR) is 75.8 cm³/mol. The molecule has 5 heteroatoms. The van der Waals surface area contributed by atoms with Crippen LogP contribution >= 0.6 is 0 Å². The molecule has 1 aromatic heterocycles. The summed E-state index contributed by atoms with van der Waals surface area (Å²) in [5.41, 5.74) is 2.29. The molecule has 0 radical (unpaired) electrons. The quantitative estimate of drug-likeness (QED) is 0.894. The Balaban J connectivity index is 1.96. The normalized spacial score (nSPS) is 26.1. The summed E-state index contributed by atoms with van der Waals surface area (Å²) in [7, 11) is 0. The first kappa shape index (κ1) is 13.3. The summed E-state index contributed by atoms with van der Waals surface area (Å²) >= 11 is 0. The van der Waals surface area contributed by atoms with E-state index in [2.05, 4.69) is 16.9 Å². The smallest absolute Gasteiger partial charge is 0.326 e. The van der Waals surface area contributed by atoms with Crippen molar-refractivity contribution in [1.29, 1.82) is 0 Å². The van der Waals surface area contributed by atoms with Crippen LogP contribution in [-0.2, 0) is 17.6 Å². The fourth-order valence-electron chi connectivity index (χ4n) is 3.38. The molecule has 1 aliphatic heterocycles. The number of piperidine rings is 1. The van der Waals surface area contributed by atoms with Crippen LogP contribution in [-0.4, -0.2) is 33.6 Å². The maximum Gasteiger partial charge on any atom is 0.326 e. The van der Waals surface area contributed by atoms with Crippen LogP contribution in [0.15, 0.2) is 6.33 Å². The number of carbonyl (C=O) groups is 1. The van der Waals surface area contributed by atoms with Gasteiger partial charge in [0.1, 0.15) is 18.2 Å². The van der Waals surface area contributed by atoms with E-state index in [4.69, 9.17) is 0 Å². The van der Waals surface area contributed by atoms with E-state index in [-0.39, 0.29) is 0 Å². The number of aromatic nitrogens is 2. The lowest BCUT2D eigenvalue weighted by Crippen LogP contribution is -2.48.